The van der Waals surface area contributed by atoms with Crippen LogP contribution in [0.5, 0.6) is 5.88 Å². The van der Waals surface area contributed by atoms with Crippen LogP contribution in [0, 0.1) is 0 Å². The molecule has 0 spiro atoms. The third-order valence-electron chi connectivity index (χ3n) is 1.84. The SMILES string of the molecule is CNC(=S)N(C)c1ccc(OC)nc1. The number of aromatic nitrogens is 1. The van der Waals surface area contributed by atoms with Crippen LogP contribution in [0.2, 0.25) is 0 Å². The highest BCUT2D eigenvalue weighted by molar-refractivity contribution is 7.80. The fourth-order valence-electron chi connectivity index (χ4n) is 0.977. The molecule has 14 heavy (non-hydrogen) atoms. The molecule has 5 heteroatoms. The third-order valence-corrected chi connectivity index (χ3v) is 2.31. The Morgan fingerprint density at radius 1 is 1.57 bits per heavy atom. The van der Waals surface area contributed by atoms with Gasteiger partial charge in [-0.2, -0.15) is 0 Å². The maximum Gasteiger partial charge on any atom is 0.213 e. The highest BCUT2D eigenvalue weighted by Gasteiger charge is 2.04. The molecule has 0 fully saturated rings. The summed E-state index contributed by atoms with van der Waals surface area (Å²) in [6.45, 7) is 0. The maximum absolute atomic E-state index is 5.08. The van der Waals surface area contributed by atoms with Crippen LogP contribution in [0.4, 0.5) is 5.69 Å². The van der Waals surface area contributed by atoms with Crippen LogP contribution in [-0.4, -0.2) is 31.3 Å². The van der Waals surface area contributed by atoms with Crippen molar-refractivity contribution in [2.75, 3.05) is 26.1 Å². The Morgan fingerprint density at radius 3 is 2.71 bits per heavy atom. The largest absolute Gasteiger partial charge is 0.481 e. The zero-order valence-corrected chi connectivity index (χ0v) is 9.26. The summed E-state index contributed by atoms with van der Waals surface area (Å²) >= 11 is 5.08. The third kappa shape index (κ3) is 2.32. The number of hydrogen-bond acceptors (Lipinski definition) is 3. The van der Waals surface area contributed by atoms with Crippen LogP contribution < -0.4 is 15.0 Å². The van der Waals surface area contributed by atoms with Crippen molar-refractivity contribution < 1.29 is 4.74 Å². The molecule has 76 valence electrons. The number of anilines is 1. The highest BCUT2D eigenvalue weighted by Crippen LogP contribution is 2.14. The van der Waals surface area contributed by atoms with Gasteiger partial charge in [0.25, 0.3) is 0 Å². The van der Waals surface area contributed by atoms with Crippen molar-refractivity contribution >= 4 is 23.0 Å². The fraction of sp³-hybridized carbons (Fsp3) is 0.333. The summed E-state index contributed by atoms with van der Waals surface area (Å²) in [6, 6.07) is 3.69. The molecule has 1 aromatic heterocycles. The molecule has 4 nitrogen and oxygen atoms in total. The number of hydrogen-bond donors (Lipinski definition) is 1. The molecular formula is C9H13N3OS. The Labute approximate surface area is 88.9 Å². The van der Waals surface area contributed by atoms with Crippen LogP contribution >= 0.6 is 12.2 Å². The monoisotopic (exact) mass is 211 g/mol. The van der Waals surface area contributed by atoms with E-state index in [4.69, 9.17) is 17.0 Å². The fourth-order valence-corrected chi connectivity index (χ4v) is 1.08. The van der Waals surface area contributed by atoms with Crippen molar-refractivity contribution in [3.8, 4) is 5.88 Å². The zero-order valence-electron chi connectivity index (χ0n) is 8.44. The lowest BCUT2D eigenvalue weighted by Gasteiger charge is -2.18. The summed E-state index contributed by atoms with van der Waals surface area (Å²) in [5.41, 5.74) is 0.921. The highest BCUT2D eigenvalue weighted by atomic mass is 32.1. The first-order valence-electron chi connectivity index (χ1n) is 4.14. The average molecular weight is 211 g/mol. The number of rotatable bonds is 2. The molecule has 0 saturated carbocycles. The Morgan fingerprint density at radius 2 is 2.29 bits per heavy atom. The summed E-state index contributed by atoms with van der Waals surface area (Å²) in [7, 11) is 5.25. The Kier molecular flexibility index (Phi) is 3.64. The second kappa shape index (κ2) is 4.76. The van der Waals surface area contributed by atoms with Crippen molar-refractivity contribution in [3.63, 3.8) is 0 Å². The number of thiocarbonyl (C=S) groups is 1. The van der Waals surface area contributed by atoms with Crippen molar-refractivity contribution in [2.45, 2.75) is 0 Å². The molecule has 0 atom stereocenters. The van der Waals surface area contributed by atoms with Gasteiger partial charge in [0.15, 0.2) is 5.11 Å². The zero-order chi connectivity index (χ0) is 10.6. The maximum atomic E-state index is 5.08. The van der Waals surface area contributed by atoms with E-state index in [-0.39, 0.29) is 0 Å². The summed E-state index contributed by atoms with van der Waals surface area (Å²) < 4.78 is 4.96. The summed E-state index contributed by atoms with van der Waals surface area (Å²) in [6.07, 6.45) is 1.71. The summed E-state index contributed by atoms with van der Waals surface area (Å²) in [5.74, 6) is 0.595. The van der Waals surface area contributed by atoms with E-state index in [0.29, 0.717) is 11.0 Å². The van der Waals surface area contributed by atoms with E-state index >= 15 is 0 Å². The topological polar surface area (TPSA) is 37.4 Å². The second-order valence-corrected chi connectivity index (χ2v) is 3.06. The molecule has 0 saturated heterocycles. The number of pyridine rings is 1. The lowest BCUT2D eigenvalue weighted by molar-refractivity contribution is 0.398. The Hall–Kier alpha value is -1.36. The van der Waals surface area contributed by atoms with Crippen molar-refractivity contribution in [3.05, 3.63) is 18.3 Å². The molecule has 0 aliphatic heterocycles. The van der Waals surface area contributed by atoms with Gasteiger partial charge in [-0.15, -0.1) is 0 Å². The quantitative estimate of drug-likeness (QED) is 0.740. The minimum atomic E-state index is 0.595. The van der Waals surface area contributed by atoms with E-state index in [0.717, 1.165) is 5.69 Å². The van der Waals surface area contributed by atoms with Gasteiger partial charge < -0.3 is 15.0 Å². The average Bonchev–Trinajstić information content (AvgIpc) is 2.27. The van der Waals surface area contributed by atoms with Crippen LogP contribution in [-0.2, 0) is 0 Å². The van der Waals surface area contributed by atoms with E-state index in [1.54, 1.807) is 26.4 Å². The first-order chi connectivity index (χ1) is 6.69. The molecule has 0 bridgehead atoms. The van der Waals surface area contributed by atoms with Gasteiger partial charge in [-0.25, -0.2) is 4.98 Å². The molecule has 0 aliphatic rings. The predicted octanol–water partition coefficient (Wildman–Crippen LogP) is 1.03. The Balaban J connectivity index is 2.81. The molecule has 1 heterocycles. The predicted molar refractivity (Wildman–Crippen MR) is 60.8 cm³/mol. The Bertz CT molecular complexity index is 312. The second-order valence-electron chi connectivity index (χ2n) is 2.67. The standard InChI is InChI=1S/C9H13N3OS/c1-10-9(14)12(2)7-4-5-8(13-3)11-6-7/h4-6H,1-3H3,(H,10,14). The lowest BCUT2D eigenvalue weighted by atomic mass is 10.4. The number of ether oxygens (including phenoxy) is 1. The summed E-state index contributed by atoms with van der Waals surface area (Å²) in [5, 5.41) is 3.54. The van der Waals surface area contributed by atoms with Crippen LogP contribution in [0.15, 0.2) is 18.3 Å². The van der Waals surface area contributed by atoms with Gasteiger partial charge in [-0.1, -0.05) is 0 Å². The van der Waals surface area contributed by atoms with Crippen molar-refractivity contribution in [1.29, 1.82) is 0 Å². The first-order valence-corrected chi connectivity index (χ1v) is 4.55. The van der Waals surface area contributed by atoms with Crippen LogP contribution in [0.1, 0.15) is 0 Å². The van der Waals surface area contributed by atoms with Gasteiger partial charge in [0.2, 0.25) is 5.88 Å². The number of nitrogens with zero attached hydrogens (tertiary/aromatic N) is 2. The molecule has 0 aromatic carbocycles. The minimum Gasteiger partial charge on any atom is -0.481 e. The molecular weight excluding hydrogens is 198 g/mol. The van der Waals surface area contributed by atoms with Gasteiger partial charge in [0.05, 0.1) is 19.0 Å². The van der Waals surface area contributed by atoms with Crippen LogP contribution in [0.25, 0.3) is 0 Å². The molecule has 1 rings (SSSR count). The normalized spacial score (nSPS) is 9.36. The first kappa shape index (κ1) is 10.7. The molecule has 0 unspecified atom stereocenters. The lowest BCUT2D eigenvalue weighted by Crippen LogP contribution is -2.34. The molecule has 1 N–H and O–H groups in total. The van der Waals surface area contributed by atoms with Gasteiger partial charge in [-0.3, -0.25) is 0 Å². The van der Waals surface area contributed by atoms with Gasteiger partial charge in [0, 0.05) is 20.2 Å². The van der Waals surface area contributed by atoms with E-state index in [9.17, 15) is 0 Å². The van der Waals surface area contributed by atoms with E-state index in [1.807, 2.05) is 18.0 Å². The summed E-state index contributed by atoms with van der Waals surface area (Å²) in [4.78, 5) is 5.92. The number of methoxy groups -OCH3 is 1. The van der Waals surface area contributed by atoms with Crippen molar-refractivity contribution in [2.24, 2.45) is 0 Å². The van der Waals surface area contributed by atoms with E-state index in [2.05, 4.69) is 10.3 Å². The molecule has 1 aromatic rings. The van der Waals surface area contributed by atoms with E-state index in [1.165, 1.54) is 0 Å². The molecule has 0 radical (unpaired) electrons. The smallest absolute Gasteiger partial charge is 0.213 e. The van der Waals surface area contributed by atoms with Gasteiger partial charge >= 0.3 is 0 Å². The number of nitrogens with one attached hydrogen (secondary N) is 1. The molecule has 0 amide bonds. The van der Waals surface area contributed by atoms with Gasteiger partial charge in [-0.05, 0) is 18.3 Å². The van der Waals surface area contributed by atoms with E-state index < -0.39 is 0 Å². The van der Waals surface area contributed by atoms with Crippen molar-refractivity contribution in [1.82, 2.24) is 10.3 Å². The molecule has 0 aliphatic carbocycles. The minimum absolute atomic E-state index is 0.595. The van der Waals surface area contributed by atoms with Crippen LogP contribution in [0.3, 0.4) is 0 Å². The van der Waals surface area contributed by atoms with Gasteiger partial charge in [0.1, 0.15) is 0 Å².